The Hall–Kier alpha value is -3.60. The Morgan fingerprint density at radius 2 is 2.00 bits per heavy atom. The summed E-state index contributed by atoms with van der Waals surface area (Å²) in [5, 5.41) is 32.0. The molecule has 0 radical (unpaired) electrons. The fourth-order valence-corrected chi connectivity index (χ4v) is 5.29. The number of nitrogens with one attached hydrogen (secondary N) is 3. The van der Waals surface area contributed by atoms with Crippen LogP contribution in [0.5, 0.6) is 0 Å². The topological polar surface area (TPSA) is 213 Å². The maximum absolute atomic E-state index is 13.0. The lowest BCUT2D eigenvalue weighted by Gasteiger charge is -2.29. The summed E-state index contributed by atoms with van der Waals surface area (Å²) in [6.45, 7) is 8.53. The molecule has 6 N–H and O–H groups in total. The van der Waals surface area contributed by atoms with E-state index in [1.165, 1.54) is 12.1 Å². The van der Waals surface area contributed by atoms with Gasteiger partial charge in [0.2, 0.25) is 11.5 Å². The Balaban J connectivity index is 1.89. The van der Waals surface area contributed by atoms with Gasteiger partial charge in [-0.3, -0.25) is 19.8 Å². The summed E-state index contributed by atoms with van der Waals surface area (Å²) in [6.07, 6.45) is 2.48. The van der Waals surface area contributed by atoms with E-state index in [2.05, 4.69) is 15.3 Å². The normalized spacial score (nSPS) is 25.9. The molecular weight excluding hydrogens is 568 g/mol. The number of nitriles is 1. The van der Waals surface area contributed by atoms with E-state index >= 15 is 0 Å². The first kappa shape index (κ1) is 34.9. The molecule has 1 amide bonds. The minimum Gasteiger partial charge on any atom is -0.463 e. The Morgan fingerprint density at radius 3 is 2.59 bits per heavy atom. The zero-order valence-electron chi connectivity index (χ0n) is 26.2. The van der Waals surface area contributed by atoms with Crippen LogP contribution in [0.15, 0.2) is 17.1 Å². The van der Waals surface area contributed by atoms with Crippen LogP contribution >= 0.6 is 0 Å². The first-order valence-electron chi connectivity index (χ1n) is 15.2. The number of aliphatic hydroxyl groups is 1. The summed E-state index contributed by atoms with van der Waals surface area (Å²) in [6, 6.07) is 3.93. The molecule has 0 aromatic carbocycles. The molecular formula is C31H46N6O7. The number of nitrogens with zero attached hydrogens (tertiary/aromatic N) is 2. The number of nitrogens with two attached hydrogens (primary N) is 1. The second-order valence-corrected chi connectivity index (χ2v) is 12.8. The van der Waals surface area contributed by atoms with E-state index in [1.54, 1.807) is 27.7 Å². The molecule has 1 aliphatic carbocycles. The van der Waals surface area contributed by atoms with E-state index in [-0.39, 0.29) is 48.0 Å². The molecule has 0 bridgehead atoms. The highest BCUT2D eigenvalue weighted by atomic mass is 16.6. The number of rotatable bonds is 11. The SMILES string of the molecule is CC[C@H](C)C(=O)N/C(=N/C=N)c1ccc([C@]2(C#N)O[C@H](COC(=O)CC3CCCCC3)[C@@H](OC(=O)[C@H](N)C(C)(C)C)[C@H]2O)[nH]1. The predicted molar refractivity (Wildman–Crippen MR) is 161 cm³/mol. The number of aliphatic imine (C=N–C) groups is 1. The van der Waals surface area contributed by atoms with Crippen LogP contribution < -0.4 is 11.1 Å². The van der Waals surface area contributed by atoms with Gasteiger partial charge in [-0.25, -0.2) is 4.99 Å². The first-order valence-corrected chi connectivity index (χ1v) is 15.2. The number of esters is 2. The molecule has 2 heterocycles. The Morgan fingerprint density at radius 1 is 1.32 bits per heavy atom. The van der Waals surface area contributed by atoms with Gasteiger partial charge in [-0.05, 0) is 42.7 Å². The summed E-state index contributed by atoms with van der Waals surface area (Å²) >= 11 is 0. The van der Waals surface area contributed by atoms with E-state index < -0.39 is 47.3 Å². The van der Waals surface area contributed by atoms with Gasteiger partial charge in [0.05, 0.1) is 11.4 Å². The highest BCUT2D eigenvalue weighted by molar-refractivity contribution is 6.09. The lowest BCUT2D eigenvalue weighted by Crippen LogP contribution is -2.49. The third-order valence-corrected chi connectivity index (χ3v) is 8.46. The van der Waals surface area contributed by atoms with E-state index in [4.69, 9.17) is 25.4 Å². The Kier molecular flexibility index (Phi) is 11.8. The van der Waals surface area contributed by atoms with E-state index in [9.17, 15) is 24.8 Å². The first-order chi connectivity index (χ1) is 20.8. The van der Waals surface area contributed by atoms with Crippen LogP contribution in [0.4, 0.5) is 0 Å². The van der Waals surface area contributed by atoms with Crippen molar-refractivity contribution in [3.63, 3.8) is 0 Å². The van der Waals surface area contributed by atoms with Crippen molar-refractivity contribution in [1.29, 1.82) is 10.7 Å². The summed E-state index contributed by atoms with van der Waals surface area (Å²) < 4.78 is 17.3. The van der Waals surface area contributed by atoms with Gasteiger partial charge in [0, 0.05) is 12.3 Å². The third kappa shape index (κ3) is 8.11. The maximum Gasteiger partial charge on any atom is 0.323 e. The molecule has 0 unspecified atom stereocenters. The van der Waals surface area contributed by atoms with Crippen LogP contribution in [0.1, 0.15) is 91.0 Å². The van der Waals surface area contributed by atoms with Crippen molar-refractivity contribution < 1.29 is 33.7 Å². The molecule has 2 fully saturated rings. The third-order valence-electron chi connectivity index (χ3n) is 8.46. The van der Waals surface area contributed by atoms with Gasteiger partial charge in [0.15, 0.2) is 11.9 Å². The highest BCUT2D eigenvalue weighted by Crippen LogP contribution is 2.41. The molecule has 44 heavy (non-hydrogen) atoms. The monoisotopic (exact) mass is 614 g/mol. The lowest BCUT2D eigenvalue weighted by molar-refractivity contribution is -0.163. The molecule has 1 saturated carbocycles. The van der Waals surface area contributed by atoms with Crippen LogP contribution in [0.2, 0.25) is 0 Å². The van der Waals surface area contributed by atoms with Crippen LogP contribution in [0.3, 0.4) is 0 Å². The minimum absolute atomic E-state index is 0.0319. The van der Waals surface area contributed by atoms with Crippen LogP contribution in [-0.2, 0) is 34.2 Å². The number of aromatic amines is 1. The lowest BCUT2D eigenvalue weighted by atomic mass is 9.87. The van der Waals surface area contributed by atoms with Gasteiger partial charge in [0.1, 0.15) is 37.3 Å². The maximum atomic E-state index is 13.0. The molecule has 1 aliphatic heterocycles. The number of carbonyl (C=O) groups excluding carboxylic acids is 3. The molecule has 13 nitrogen and oxygen atoms in total. The second kappa shape index (κ2) is 14.9. The number of ether oxygens (including phenoxy) is 3. The summed E-state index contributed by atoms with van der Waals surface area (Å²) in [7, 11) is 0. The minimum atomic E-state index is -2.08. The zero-order valence-corrected chi connectivity index (χ0v) is 26.2. The zero-order chi connectivity index (χ0) is 32.7. The van der Waals surface area contributed by atoms with Crippen LogP contribution in [-0.4, -0.2) is 71.1 Å². The molecule has 1 aromatic rings. The fraction of sp³-hybridized carbons (Fsp3) is 0.677. The quantitative estimate of drug-likeness (QED) is 0.141. The number of hydrogen-bond donors (Lipinski definition) is 5. The summed E-state index contributed by atoms with van der Waals surface area (Å²) in [4.78, 5) is 45.2. The molecule has 13 heteroatoms. The van der Waals surface area contributed by atoms with E-state index in [1.807, 2.05) is 13.0 Å². The number of carbonyl (C=O) groups is 3. The molecule has 6 atom stereocenters. The van der Waals surface area contributed by atoms with Crippen LogP contribution in [0.25, 0.3) is 0 Å². The van der Waals surface area contributed by atoms with Gasteiger partial charge < -0.3 is 35.4 Å². The highest BCUT2D eigenvalue weighted by Gasteiger charge is 2.59. The number of amides is 1. The van der Waals surface area contributed by atoms with Crippen molar-refractivity contribution in [2.75, 3.05) is 6.61 Å². The Bertz CT molecular complexity index is 1260. The second-order valence-electron chi connectivity index (χ2n) is 12.8. The van der Waals surface area contributed by atoms with E-state index in [0.717, 1.165) is 38.4 Å². The molecule has 0 spiro atoms. The van der Waals surface area contributed by atoms with Crippen molar-refractivity contribution in [3.8, 4) is 6.07 Å². The van der Waals surface area contributed by atoms with Gasteiger partial charge in [-0.15, -0.1) is 0 Å². The summed E-state index contributed by atoms with van der Waals surface area (Å²) in [5.74, 6) is -1.61. The standard InChI is InChI=1S/C31H46N6O7/c1-6-18(2)28(40)37-27(35-17-33)20-12-13-22(36-20)31(16-32)26(39)24(43-29(41)25(34)30(3,4)5)21(44-31)15-42-23(38)14-19-10-8-7-9-11-19/h12-13,17-19,21,24-26,36,39H,6-11,14-15,34H2,1-5H3,(H2,33,35,37,40)/t18-,21+,24+,25-,26+,31-/m0/s1. The van der Waals surface area contributed by atoms with Gasteiger partial charge in [0.25, 0.3) is 0 Å². The van der Waals surface area contributed by atoms with Crippen molar-refractivity contribution in [2.24, 2.45) is 28.0 Å². The van der Waals surface area contributed by atoms with Gasteiger partial charge >= 0.3 is 11.9 Å². The van der Waals surface area contributed by atoms with Gasteiger partial charge in [-0.1, -0.05) is 53.9 Å². The Labute approximate surface area is 258 Å². The average Bonchev–Trinajstić information content (AvgIpc) is 3.59. The number of hydrogen-bond acceptors (Lipinski definition) is 10. The molecule has 1 saturated heterocycles. The van der Waals surface area contributed by atoms with Crippen molar-refractivity contribution in [2.45, 2.75) is 110 Å². The van der Waals surface area contributed by atoms with Crippen molar-refractivity contribution >= 4 is 30.0 Å². The van der Waals surface area contributed by atoms with Crippen LogP contribution in [0, 0.1) is 34.0 Å². The molecule has 1 aromatic heterocycles. The molecule has 2 aliphatic rings. The number of aliphatic hydroxyl groups excluding tert-OH is 1. The number of aromatic nitrogens is 1. The number of amidine groups is 1. The molecule has 242 valence electrons. The number of H-pyrrole nitrogens is 1. The van der Waals surface area contributed by atoms with Crippen molar-refractivity contribution in [1.82, 2.24) is 10.3 Å². The largest absolute Gasteiger partial charge is 0.463 e. The average molecular weight is 615 g/mol. The smallest absolute Gasteiger partial charge is 0.323 e. The fourth-order valence-electron chi connectivity index (χ4n) is 5.29. The molecule has 3 rings (SSSR count). The predicted octanol–water partition coefficient (Wildman–Crippen LogP) is 2.81. The summed E-state index contributed by atoms with van der Waals surface area (Å²) in [5.41, 5.74) is 3.71. The van der Waals surface area contributed by atoms with Crippen molar-refractivity contribution in [3.05, 3.63) is 23.5 Å². The van der Waals surface area contributed by atoms with E-state index in [0.29, 0.717) is 6.42 Å². The van der Waals surface area contributed by atoms with Gasteiger partial charge in [-0.2, -0.15) is 5.26 Å².